The number of hydrogen-bond donors (Lipinski definition) is 1. The molecule has 1 heterocycles. The number of ether oxygens (including phenoxy) is 1. The van der Waals surface area contributed by atoms with Crippen LogP contribution in [0, 0.1) is 10.7 Å². The van der Waals surface area contributed by atoms with Gasteiger partial charge in [-0.25, -0.2) is 13.2 Å². The van der Waals surface area contributed by atoms with E-state index >= 15 is 0 Å². The highest BCUT2D eigenvalue weighted by atomic mass is 127. The molecule has 9 heteroatoms. The number of carbonyl (C=O) groups is 1. The van der Waals surface area contributed by atoms with Crippen molar-refractivity contribution in [2.75, 3.05) is 37.7 Å². The topological polar surface area (TPSA) is 64.9 Å². The maximum atomic E-state index is 12.3. The first-order valence-corrected chi connectivity index (χ1v) is 12.7. The van der Waals surface area contributed by atoms with Gasteiger partial charge in [-0.15, -0.1) is 0 Å². The number of nitrogens with one attached hydrogen (secondary N) is 1. The standard InChI is InChI=1S/C15H18I3NO4S/c16-11-3-4-12(17)14(18)13(11)15(20)23-8-2-1-5-19-6-9-24(21,22)10-7-19/h3-4H,1-2,5-10H2/p+1. The summed E-state index contributed by atoms with van der Waals surface area (Å²) in [4.78, 5) is 13.6. The fraction of sp³-hybridized carbons (Fsp3) is 0.533. The molecule has 5 nitrogen and oxygen atoms in total. The summed E-state index contributed by atoms with van der Waals surface area (Å²) in [5.41, 5.74) is 0.648. The highest BCUT2D eigenvalue weighted by Gasteiger charge is 2.24. The van der Waals surface area contributed by atoms with Crippen molar-refractivity contribution in [3.63, 3.8) is 0 Å². The van der Waals surface area contributed by atoms with Crippen molar-refractivity contribution in [3.8, 4) is 0 Å². The van der Waals surface area contributed by atoms with E-state index in [9.17, 15) is 13.2 Å². The smallest absolute Gasteiger partial charge is 0.340 e. The van der Waals surface area contributed by atoms with Crippen molar-refractivity contribution >= 4 is 83.6 Å². The molecule has 0 unspecified atom stereocenters. The van der Waals surface area contributed by atoms with E-state index in [1.165, 1.54) is 4.90 Å². The largest absolute Gasteiger partial charge is 0.462 e. The van der Waals surface area contributed by atoms with Crippen LogP contribution < -0.4 is 4.90 Å². The Kier molecular flexibility index (Phi) is 8.48. The van der Waals surface area contributed by atoms with Crippen LogP contribution in [0.3, 0.4) is 0 Å². The molecule has 0 aliphatic carbocycles. The van der Waals surface area contributed by atoms with Crippen LogP contribution in [0.15, 0.2) is 12.1 Å². The highest BCUT2D eigenvalue weighted by Crippen LogP contribution is 2.25. The van der Waals surface area contributed by atoms with Crippen molar-refractivity contribution in [3.05, 3.63) is 28.4 Å². The second kappa shape index (κ2) is 9.65. The zero-order valence-corrected chi connectivity index (χ0v) is 20.3. The summed E-state index contributed by atoms with van der Waals surface area (Å²) in [6.45, 7) is 2.73. The predicted molar refractivity (Wildman–Crippen MR) is 118 cm³/mol. The van der Waals surface area contributed by atoms with Crippen LogP contribution >= 0.6 is 67.8 Å². The van der Waals surface area contributed by atoms with Crippen molar-refractivity contribution in [1.82, 2.24) is 0 Å². The van der Waals surface area contributed by atoms with Crippen molar-refractivity contribution in [2.24, 2.45) is 0 Å². The molecule has 0 saturated carbocycles. The minimum absolute atomic E-state index is 0.265. The van der Waals surface area contributed by atoms with E-state index in [2.05, 4.69) is 67.8 Å². The molecule has 1 aliphatic heterocycles. The Bertz CT molecular complexity index is 695. The first kappa shape index (κ1) is 21.1. The summed E-state index contributed by atoms with van der Waals surface area (Å²) in [6.07, 6.45) is 1.74. The summed E-state index contributed by atoms with van der Waals surface area (Å²) < 4.78 is 31.1. The molecular weight excluding hydrogens is 671 g/mol. The van der Waals surface area contributed by atoms with Crippen molar-refractivity contribution in [1.29, 1.82) is 0 Å². The maximum Gasteiger partial charge on any atom is 0.340 e. The van der Waals surface area contributed by atoms with Crippen LogP contribution in [-0.2, 0) is 14.6 Å². The minimum Gasteiger partial charge on any atom is -0.462 e. The molecule has 0 bridgehead atoms. The molecule has 1 N–H and O–H groups in total. The molecule has 2 rings (SSSR count). The van der Waals surface area contributed by atoms with Crippen molar-refractivity contribution in [2.45, 2.75) is 12.8 Å². The van der Waals surface area contributed by atoms with Crippen LogP contribution in [0.5, 0.6) is 0 Å². The summed E-state index contributed by atoms with van der Waals surface area (Å²) >= 11 is 6.55. The average molecular weight is 690 g/mol. The lowest BCUT2D eigenvalue weighted by Gasteiger charge is -2.23. The lowest BCUT2D eigenvalue weighted by Crippen LogP contribution is -3.14. The Morgan fingerprint density at radius 3 is 2.38 bits per heavy atom. The summed E-state index contributed by atoms with van der Waals surface area (Å²) in [5, 5.41) is 0. The van der Waals surface area contributed by atoms with E-state index in [1.807, 2.05) is 12.1 Å². The van der Waals surface area contributed by atoms with Crippen molar-refractivity contribution < 1.29 is 22.8 Å². The van der Waals surface area contributed by atoms with E-state index in [4.69, 9.17) is 4.74 Å². The number of hydrogen-bond acceptors (Lipinski definition) is 4. The number of sulfone groups is 1. The Hall–Kier alpha value is 0.790. The van der Waals surface area contributed by atoms with Crippen LogP contribution in [0.4, 0.5) is 0 Å². The molecule has 0 aromatic heterocycles. The Balaban J connectivity index is 1.71. The average Bonchev–Trinajstić information content (AvgIpc) is 2.52. The quantitative estimate of drug-likeness (QED) is 0.214. The zero-order valence-electron chi connectivity index (χ0n) is 13.0. The molecule has 0 amide bonds. The number of unbranched alkanes of at least 4 members (excludes halogenated alkanes) is 1. The molecule has 24 heavy (non-hydrogen) atoms. The van der Waals surface area contributed by atoms with Gasteiger partial charge in [-0.3, -0.25) is 0 Å². The van der Waals surface area contributed by atoms with E-state index in [1.54, 1.807) is 0 Å². The van der Waals surface area contributed by atoms with Gasteiger partial charge in [-0.2, -0.15) is 0 Å². The van der Waals surface area contributed by atoms with Gasteiger partial charge in [0.15, 0.2) is 9.84 Å². The lowest BCUT2D eigenvalue weighted by molar-refractivity contribution is -0.896. The summed E-state index contributed by atoms with van der Waals surface area (Å²) in [6, 6.07) is 3.91. The van der Waals surface area contributed by atoms with Gasteiger partial charge in [0.1, 0.15) is 0 Å². The van der Waals surface area contributed by atoms with Crippen LogP contribution in [0.2, 0.25) is 0 Å². The van der Waals surface area contributed by atoms with Crippen LogP contribution in [0.25, 0.3) is 0 Å². The van der Waals surface area contributed by atoms with Gasteiger partial charge in [-0.1, -0.05) is 0 Å². The van der Waals surface area contributed by atoms with Gasteiger partial charge >= 0.3 is 5.97 Å². The minimum atomic E-state index is -2.80. The SMILES string of the molecule is O=C(OCCCC[NH+]1CCS(=O)(=O)CC1)c1c(I)ccc(I)c1I. The molecule has 1 aliphatic rings. The summed E-state index contributed by atoms with van der Waals surface area (Å²) in [7, 11) is -2.80. The zero-order chi connectivity index (χ0) is 17.7. The fourth-order valence-electron chi connectivity index (χ4n) is 2.51. The Labute approximate surface area is 183 Å². The second-order valence-electron chi connectivity index (χ2n) is 5.71. The molecule has 1 saturated heterocycles. The molecule has 1 aromatic rings. The normalized spacial score (nSPS) is 17.6. The lowest BCUT2D eigenvalue weighted by atomic mass is 10.2. The molecule has 0 radical (unpaired) electrons. The molecule has 0 atom stereocenters. The monoisotopic (exact) mass is 690 g/mol. The van der Waals surface area contributed by atoms with Gasteiger partial charge in [0.2, 0.25) is 0 Å². The molecule has 1 fully saturated rings. The van der Waals surface area contributed by atoms with Crippen LogP contribution in [0.1, 0.15) is 23.2 Å². The Morgan fingerprint density at radius 1 is 1.08 bits per heavy atom. The molecule has 1 aromatic carbocycles. The van der Waals surface area contributed by atoms with E-state index in [0.29, 0.717) is 36.8 Å². The van der Waals surface area contributed by atoms with Gasteiger partial charge < -0.3 is 9.64 Å². The van der Waals surface area contributed by atoms with Gasteiger partial charge in [0.25, 0.3) is 0 Å². The number of esters is 1. The van der Waals surface area contributed by atoms with Crippen LogP contribution in [-0.4, -0.2) is 52.1 Å². The van der Waals surface area contributed by atoms with E-state index in [0.717, 1.165) is 30.1 Å². The molecular formula is C15H19I3NO4S+. The van der Waals surface area contributed by atoms with Gasteiger partial charge in [-0.05, 0) is 92.7 Å². The van der Waals surface area contributed by atoms with Gasteiger partial charge in [0, 0.05) is 10.7 Å². The number of halogens is 3. The molecule has 134 valence electrons. The summed E-state index contributed by atoms with van der Waals surface area (Å²) in [5.74, 6) is 0.320. The third-order valence-corrected chi connectivity index (χ3v) is 9.54. The van der Waals surface area contributed by atoms with E-state index in [-0.39, 0.29) is 5.97 Å². The number of carbonyl (C=O) groups excluding carboxylic acids is 1. The van der Waals surface area contributed by atoms with E-state index < -0.39 is 9.84 Å². The fourth-order valence-corrected chi connectivity index (χ4v) is 6.23. The Morgan fingerprint density at radius 2 is 1.71 bits per heavy atom. The maximum absolute atomic E-state index is 12.3. The third kappa shape index (κ3) is 6.20. The number of rotatable bonds is 6. The predicted octanol–water partition coefficient (Wildman–Crippen LogP) is 1.75. The first-order chi connectivity index (χ1) is 11.3. The molecule has 0 spiro atoms. The number of benzene rings is 1. The third-order valence-electron chi connectivity index (χ3n) is 3.94. The van der Waals surface area contributed by atoms with Gasteiger partial charge in [0.05, 0.1) is 43.3 Å². The number of quaternary nitrogens is 1. The second-order valence-corrected chi connectivity index (χ2v) is 11.4. The first-order valence-electron chi connectivity index (χ1n) is 7.65. The highest BCUT2D eigenvalue weighted by molar-refractivity contribution is 14.1.